The van der Waals surface area contributed by atoms with E-state index in [4.69, 9.17) is 10.5 Å². The van der Waals surface area contributed by atoms with Crippen LogP contribution in [0.1, 0.15) is 23.6 Å². The first kappa shape index (κ1) is 12.9. The summed E-state index contributed by atoms with van der Waals surface area (Å²) in [6.07, 6.45) is 4.26. The lowest BCUT2D eigenvalue weighted by Gasteiger charge is -2.17. The van der Waals surface area contributed by atoms with Crippen molar-refractivity contribution in [3.8, 4) is 5.75 Å². The molecule has 3 rings (SSSR count). The van der Waals surface area contributed by atoms with Gasteiger partial charge in [-0.2, -0.15) is 0 Å². The first-order chi connectivity index (χ1) is 9.69. The largest absolute Gasteiger partial charge is 0.497 e. The van der Waals surface area contributed by atoms with Crippen molar-refractivity contribution in [3.05, 3.63) is 35.3 Å². The molecule has 2 aromatic rings. The number of anilines is 2. The summed E-state index contributed by atoms with van der Waals surface area (Å²) in [6, 6.07) is 6.64. The molecule has 0 spiro atoms. The van der Waals surface area contributed by atoms with Crippen LogP contribution in [-0.2, 0) is 0 Å². The van der Waals surface area contributed by atoms with Crippen molar-refractivity contribution in [2.45, 2.75) is 18.8 Å². The van der Waals surface area contributed by atoms with Crippen LogP contribution >= 0.6 is 11.3 Å². The minimum atomic E-state index is -0.535. The number of thiazole rings is 1. The minimum absolute atomic E-state index is 0.535. The zero-order valence-corrected chi connectivity index (χ0v) is 11.9. The van der Waals surface area contributed by atoms with E-state index in [9.17, 15) is 4.79 Å². The standard InChI is InChI=1S/C14H15N3O2S/c1-19-11-6-4-10(5-7-11)17(13(15)18)14-16-8-12(20-14)9-2-3-9/h4-9H,2-3H2,1H3,(H2,15,18). The molecule has 0 radical (unpaired) electrons. The van der Waals surface area contributed by atoms with Crippen molar-refractivity contribution >= 4 is 28.2 Å². The van der Waals surface area contributed by atoms with Crippen molar-refractivity contribution in [3.63, 3.8) is 0 Å². The van der Waals surface area contributed by atoms with E-state index in [0.717, 1.165) is 5.75 Å². The van der Waals surface area contributed by atoms with Gasteiger partial charge < -0.3 is 10.5 Å². The third kappa shape index (κ3) is 2.46. The summed E-state index contributed by atoms with van der Waals surface area (Å²) >= 11 is 1.53. The van der Waals surface area contributed by atoms with Gasteiger partial charge >= 0.3 is 6.03 Å². The second kappa shape index (κ2) is 5.13. The van der Waals surface area contributed by atoms with Crippen LogP contribution in [0, 0.1) is 0 Å². The van der Waals surface area contributed by atoms with Crippen LogP contribution < -0.4 is 15.4 Å². The Labute approximate surface area is 121 Å². The molecule has 0 unspecified atom stereocenters. The molecule has 1 aliphatic rings. The summed E-state index contributed by atoms with van der Waals surface area (Å²) in [6.45, 7) is 0. The second-order valence-corrected chi connectivity index (χ2v) is 5.73. The van der Waals surface area contributed by atoms with Crippen LogP contribution in [0.4, 0.5) is 15.6 Å². The summed E-state index contributed by atoms with van der Waals surface area (Å²) in [4.78, 5) is 18.7. The van der Waals surface area contributed by atoms with Gasteiger partial charge in [-0.05, 0) is 43.0 Å². The summed E-state index contributed by atoms with van der Waals surface area (Å²) in [5.74, 6) is 1.35. The number of benzene rings is 1. The highest BCUT2D eigenvalue weighted by Gasteiger charge is 2.27. The second-order valence-electron chi connectivity index (χ2n) is 4.69. The molecular formula is C14H15N3O2S. The number of hydrogen-bond donors (Lipinski definition) is 1. The molecule has 1 fully saturated rings. The van der Waals surface area contributed by atoms with Crippen molar-refractivity contribution in [1.29, 1.82) is 0 Å². The Morgan fingerprint density at radius 1 is 1.40 bits per heavy atom. The Hall–Kier alpha value is -2.08. The van der Waals surface area contributed by atoms with Gasteiger partial charge in [-0.1, -0.05) is 0 Å². The molecule has 20 heavy (non-hydrogen) atoms. The van der Waals surface area contributed by atoms with E-state index in [1.165, 1.54) is 34.0 Å². The summed E-state index contributed by atoms with van der Waals surface area (Å²) in [5.41, 5.74) is 6.18. The van der Waals surface area contributed by atoms with Gasteiger partial charge in [0.05, 0.1) is 12.8 Å². The predicted molar refractivity (Wildman–Crippen MR) is 78.8 cm³/mol. The molecule has 6 heteroatoms. The molecule has 1 saturated carbocycles. The fraction of sp³-hybridized carbons (Fsp3) is 0.286. The number of nitrogens with two attached hydrogens (primary N) is 1. The van der Waals surface area contributed by atoms with Gasteiger partial charge in [0.1, 0.15) is 5.75 Å². The maximum Gasteiger partial charge on any atom is 0.325 e. The molecule has 1 aliphatic carbocycles. The summed E-state index contributed by atoms with van der Waals surface area (Å²) in [7, 11) is 1.60. The molecule has 1 aromatic heterocycles. The molecule has 0 aliphatic heterocycles. The van der Waals surface area contributed by atoms with E-state index in [0.29, 0.717) is 16.7 Å². The monoisotopic (exact) mass is 289 g/mol. The van der Waals surface area contributed by atoms with Gasteiger partial charge in [-0.3, -0.25) is 0 Å². The van der Waals surface area contributed by atoms with Crippen LogP contribution in [-0.4, -0.2) is 18.1 Å². The van der Waals surface area contributed by atoms with Crippen LogP contribution in [0.2, 0.25) is 0 Å². The zero-order chi connectivity index (χ0) is 14.1. The van der Waals surface area contributed by atoms with Crippen LogP contribution in [0.25, 0.3) is 0 Å². The fourth-order valence-electron chi connectivity index (χ4n) is 2.00. The number of urea groups is 1. The van der Waals surface area contributed by atoms with Crippen molar-refractivity contribution in [1.82, 2.24) is 4.98 Å². The fourth-order valence-corrected chi connectivity index (χ4v) is 3.11. The SMILES string of the molecule is COc1ccc(N(C(N)=O)c2ncc(C3CC3)s2)cc1. The lowest BCUT2D eigenvalue weighted by atomic mass is 10.3. The number of amides is 2. The Morgan fingerprint density at radius 2 is 2.10 bits per heavy atom. The maximum absolute atomic E-state index is 11.7. The number of carbonyl (C=O) groups is 1. The summed E-state index contributed by atoms with van der Waals surface area (Å²) < 4.78 is 5.11. The van der Waals surface area contributed by atoms with E-state index in [2.05, 4.69) is 4.98 Å². The number of methoxy groups -OCH3 is 1. The van der Waals surface area contributed by atoms with Crippen LogP contribution in [0.15, 0.2) is 30.5 Å². The van der Waals surface area contributed by atoms with Crippen molar-refractivity contribution in [2.75, 3.05) is 12.0 Å². The first-order valence-corrected chi connectivity index (χ1v) is 7.20. The van der Waals surface area contributed by atoms with E-state index in [-0.39, 0.29) is 0 Å². The molecule has 0 atom stereocenters. The molecule has 2 amide bonds. The first-order valence-electron chi connectivity index (χ1n) is 6.38. The van der Waals surface area contributed by atoms with E-state index in [1.807, 2.05) is 6.20 Å². The Kier molecular flexibility index (Phi) is 3.31. The molecule has 0 saturated heterocycles. The molecule has 1 heterocycles. The molecule has 5 nitrogen and oxygen atoms in total. The lowest BCUT2D eigenvalue weighted by Crippen LogP contribution is -2.31. The highest BCUT2D eigenvalue weighted by molar-refractivity contribution is 7.16. The number of nitrogens with zero attached hydrogens (tertiary/aromatic N) is 2. The molecule has 2 N–H and O–H groups in total. The molecule has 0 bridgehead atoms. The third-order valence-corrected chi connectivity index (χ3v) is 4.38. The normalized spacial score (nSPS) is 14.1. The average Bonchev–Trinajstić information content (AvgIpc) is 3.19. The van der Waals surface area contributed by atoms with Gasteiger partial charge in [-0.15, -0.1) is 11.3 Å². The molecule has 104 valence electrons. The smallest absolute Gasteiger partial charge is 0.325 e. The van der Waals surface area contributed by atoms with Gasteiger partial charge in [0.15, 0.2) is 5.13 Å². The maximum atomic E-state index is 11.7. The third-order valence-electron chi connectivity index (χ3n) is 3.23. The number of carbonyl (C=O) groups excluding carboxylic acids is 1. The highest BCUT2D eigenvalue weighted by atomic mass is 32.1. The summed E-state index contributed by atoms with van der Waals surface area (Å²) in [5, 5.41) is 0.615. The Balaban J connectivity index is 1.92. The Bertz CT molecular complexity index is 620. The van der Waals surface area contributed by atoms with Crippen molar-refractivity contribution < 1.29 is 9.53 Å². The van der Waals surface area contributed by atoms with E-state index in [1.54, 1.807) is 31.4 Å². The number of primary amides is 1. The van der Waals surface area contributed by atoms with Crippen molar-refractivity contribution in [2.24, 2.45) is 5.73 Å². The van der Waals surface area contributed by atoms with Crippen LogP contribution in [0.5, 0.6) is 5.75 Å². The van der Waals surface area contributed by atoms with Crippen LogP contribution in [0.3, 0.4) is 0 Å². The lowest BCUT2D eigenvalue weighted by molar-refractivity contribution is 0.256. The Morgan fingerprint density at radius 3 is 2.65 bits per heavy atom. The zero-order valence-electron chi connectivity index (χ0n) is 11.1. The number of ether oxygens (including phenoxy) is 1. The number of aromatic nitrogens is 1. The number of rotatable bonds is 4. The average molecular weight is 289 g/mol. The molecular weight excluding hydrogens is 274 g/mol. The van der Waals surface area contributed by atoms with Gasteiger partial charge in [0, 0.05) is 11.1 Å². The van der Waals surface area contributed by atoms with Gasteiger partial charge in [0.2, 0.25) is 0 Å². The quantitative estimate of drug-likeness (QED) is 0.939. The van der Waals surface area contributed by atoms with E-state index < -0.39 is 6.03 Å². The van der Waals surface area contributed by atoms with Gasteiger partial charge in [-0.25, -0.2) is 14.7 Å². The number of hydrogen-bond acceptors (Lipinski definition) is 4. The molecule has 1 aromatic carbocycles. The minimum Gasteiger partial charge on any atom is -0.497 e. The van der Waals surface area contributed by atoms with E-state index >= 15 is 0 Å². The predicted octanol–water partition coefficient (Wildman–Crippen LogP) is 3.25. The van der Waals surface area contributed by atoms with Gasteiger partial charge in [0.25, 0.3) is 0 Å². The highest BCUT2D eigenvalue weighted by Crippen LogP contribution is 2.44. The topological polar surface area (TPSA) is 68.5 Å².